The van der Waals surface area contributed by atoms with Crippen LogP contribution in [0.3, 0.4) is 0 Å². The molecule has 0 fully saturated rings. The van der Waals surface area contributed by atoms with Gasteiger partial charge in [-0.05, 0) is 49.4 Å². The van der Waals surface area contributed by atoms with E-state index >= 15 is 0 Å². The lowest BCUT2D eigenvalue weighted by molar-refractivity contribution is -0.123. The molecule has 0 unspecified atom stereocenters. The molecule has 2 N–H and O–H groups in total. The highest BCUT2D eigenvalue weighted by molar-refractivity contribution is 6.35. The monoisotopic (exact) mass is 410 g/mol. The zero-order chi connectivity index (χ0) is 19.8. The van der Waals surface area contributed by atoms with E-state index in [1.807, 2.05) is 0 Å². The van der Waals surface area contributed by atoms with E-state index in [1.165, 1.54) is 42.5 Å². The van der Waals surface area contributed by atoms with Gasteiger partial charge in [0.2, 0.25) is 0 Å². The minimum absolute atomic E-state index is 0.197. The Morgan fingerprint density at radius 3 is 2.15 bits per heavy atom. The summed E-state index contributed by atoms with van der Waals surface area (Å²) in [5.74, 6) is -1.21. The minimum Gasteiger partial charge on any atom is -0.484 e. The van der Waals surface area contributed by atoms with Crippen molar-refractivity contribution in [2.24, 2.45) is 0 Å². The third-order valence-corrected chi connectivity index (χ3v) is 3.61. The summed E-state index contributed by atoms with van der Waals surface area (Å²) in [6.45, 7) is 1.66. The summed E-state index contributed by atoms with van der Waals surface area (Å²) in [6, 6.07) is 10.4. The molecule has 0 aromatic heterocycles. The molecular formula is C18H16Cl2N2O5. The van der Waals surface area contributed by atoms with Crippen molar-refractivity contribution in [2.45, 2.75) is 6.92 Å². The molecule has 2 aromatic rings. The number of nitrogens with one attached hydrogen (secondary N) is 2. The van der Waals surface area contributed by atoms with Gasteiger partial charge in [-0.25, -0.2) is 4.79 Å². The summed E-state index contributed by atoms with van der Waals surface area (Å²) >= 11 is 11.6. The maximum atomic E-state index is 12.0. The second kappa shape index (κ2) is 9.80. The molecule has 7 nitrogen and oxygen atoms in total. The van der Waals surface area contributed by atoms with Gasteiger partial charge in [0, 0.05) is 15.6 Å². The van der Waals surface area contributed by atoms with Crippen LogP contribution in [0.2, 0.25) is 10.0 Å². The molecule has 0 bridgehead atoms. The fourth-order valence-corrected chi connectivity index (χ4v) is 2.50. The predicted molar refractivity (Wildman–Crippen MR) is 100.0 cm³/mol. The first-order valence-corrected chi connectivity index (χ1v) is 8.60. The largest absolute Gasteiger partial charge is 0.484 e. The van der Waals surface area contributed by atoms with Crippen molar-refractivity contribution in [3.63, 3.8) is 0 Å². The molecule has 0 spiro atoms. The molecule has 0 atom stereocenters. The van der Waals surface area contributed by atoms with E-state index in [1.54, 1.807) is 6.92 Å². The normalized spacial score (nSPS) is 10.0. The third kappa shape index (κ3) is 6.47. The molecule has 0 aliphatic heterocycles. The summed E-state index contributed by atoms with van der Waals surface area (Å²) in [5.41, 5.74) is 5.02. The average molecular weight is 411 g/mol. The molecule has 0 radical (unpaired) electrons. The molecule has 2 aromatic carbocycles. The predicted octanol–water partition coefficient (Wildman–Crippen LogP) is 3.01. The number of amides is 2. The lowest BCUT2D eigenvalue weighted by atomic mass is 10.2. The number of carbonyl (C=O) groups excluding carboxylic acids is 3. The lowest BCUT2D eigenvalue weighted by Crippen LogP contribution is -2.43. The second-order valence-corrected chi connectivity index (χ2v) is 6.07. The van der Waals surface area contributed by atoms with Crippen LogP contribution in [0.15, 0.2) is 42.5 Å². The molecular weight excluding hydrogens is 395 g/mol. The first-order valence-electron chi connectivity index (χ1n) is 7.84. The van der Waals surface area contributed by atoms with Crippen LogP contribution in [-0.2, 0) is 9.53 Å². The van der Waals surface area contributed by atoms with E-state index < -0.39 is 17.8 Å². The first-order chi connectivity index (χ1) is 12.9. The van der Waals surface area contributed by atoms with Crippen LogP contribution in [0.4, 0.5) is 0 Å². The summed E-state index contributed by atoms with van der Waals surface area (Å²) in [4.78, 5) is 35.3. The van der Waals surface area contributed by atoms with Crippen LogP contribution in [-0.4, -0.2) is 31.0 Å². The standard InChI is InChI=1S/C18H16Cl2N2O5/c1-2-26-18(25)11-3-5-15(6-4-11)27-10-16(23)21-22-17(24)12-7-13(19)9-14(20)8-12/h3-9H,2,10H2,1H3,(H,21,23)(H,22,24). The van der Waals surface area contributed by atoms with Crippen LogP contribution in [0, 0.1) is 0 Å². The number of carbonyl (C=O) groups is 3. The summed E-state index contributed by atoms with van der Waals surface area (Å²) < 4.78 is 10.2. The first kappa shape index (κ1) is 20.5. The van der Waals surface area contributed by atoms with Crippen molar-refractivity contribution in [1.82, 2.24) is 10.9 Å². The van der Waals surface area contributed by atoms with E-state index in [4.69, 9.17) is 32.7 Å². The van der Waals surface area contributed by atoms with Gasteiger partial charge in [0.1, 0.15) is 5.75 Å². The number of benzene rings is 2. The Hall–Kier alpha value is -2.77. The van der Waals surface area contributed by atoms with Crippen LogP contribution in [0.1, 0.15) is 27.6 Å². The summed E-state index contributed by atoms with van der Waals surface area (Å²) in [5, 5.41) is 0.599. The number of ether oxygens (including phenoxy) is 2. The van der Waals surface area contributed by atoms with Crippen molar-refractivity contribution in [1.29, 1.82) is 0 Å². The fraction of sp³-hybridized carbons (Fsp3) is 0.167. The zero-order valence-electron chi connectivity index (χ0n) is 14.3. The Morgan fingerprint density at radius 2 is 1.56 bits per heavy atom. The lowest BCUT2D eigenvalue weighted by Gasteiger charge is -2.09. The minimum atomic E-state index is -0.578. The Bertz CT molecular complexity index is 820. The number of hydrogen-bond acceptors (Lipinski definition) is 5. The fourth-order valence-electron chi connectivity index (χ4n) is 1.97. The third-order valence-electron chi connectivity index (χ3n) is 3.18. The van der Waals surface area contributed by atoms with E-state index in [0.29, 0.717) is 21.4 Å². The van der Waals surface area contributed by atoms with Crippen molar-refractivity contribution in [3.05, 3.63) is 63.6 Å². The maximum Gasteiger partial charge on any atom is 0.338 e. The van der Waals surface area contributed by atoms with Gasteiger partial charge in [-0.3, -0.25) is 20.4 Å². The van der Waals surface area contributed by atoms with Crippen LogP contribution >= 0.6 is 23.2 Å². The van der Waals surface area contributed by atoms with Gasteiger partial charge in [-0.15, -0.1) is 0 Å². The number of hydrogen-bond donors (Lipinski definition) is 2. The van der Waals surface area contributed by atoms with Gasteiger partial charge >= 0.3 is 5.97 Å². The molecule has 0 saturated carbocycles. The second-order valence-electron chi connectivity index (χ2n) is 5.19. The quantitative estimate of drug-likeness (QED) is 0.563. The molecule has 0 aliphatic carbocycles. The van der Waals surface area contributed by atoms with Gasteiger partial charge in [0.25, 0.3) is 11.8 Å². The van der Waals surface area contributed by atoms with E-state index in [9.17, 15) is 14.4 Å². The van der Waals surface area contributed by atoms with Crippen molar-refractivity contribution >= 4 is 41.0 Å². The molecule has 0 aliphatic rings. The van der Waals surface area contributed by atoms with Crippen molar-refractivity contribution < 1.29 is 23.9 Å². The topological polar surface area (TPSA) is 93.7 Å². The maximum absolute atomic E-state index is 12.0. The van der Waals surface area contributed by atoms with Crippen LogP contribution in [0.25, 0.3) is 0 Å². The van der Waals surface area contributed by atoms with Crippen molar-refractivity contribution in [2.75, 3.05) is 13.2 Å². The SMILES string of the molecule is CCOC(=O)c1ccc(OCC(=O)NNC(=O)c2cc(Cl)cc(Cl)c2)cc1. The number of esters is 1. The van der Waals surface area contributed by atoms with Crippen LogP contribution < -0.4 is 15.6 Å². The number of rotatable bonds is 6. The molecule has 142 valence electrons. The van der Waals surface area contributed by atoms with E-state index in [-0.39, 0.29) is 18.8 Å². The molecule has 0 saturated heterocycles. The molecule has 27 heavy (non-hydrogen) atoms. The molecule has 2 amide bonds. The highest BCUT2D eigenvalue weighted by atomic mass is 35.5. The average Bonchev–Trinajstić information content (AvgIpc) is 2.64. The van der Waals surface area contributed by atoms with Crippen molar-refractivity contribution in [3.8, 4) is 5.75 Å². The Kier molecular flexibility index (Phi) is 7.45. The Balaban J connectivity index is 1.80. The Morgan fingerprint density at radius 1 is 0.926 bits per heavy atom. The van der Waals surface area contributed by atoms with Gasteiger partial charge in [-0.1, -0.05) is 23.2 Å². The Labute approximate surface area is 165 Å². The molecule has 9 heteroatoms. The van der Waals surface area contributed by atoms with Gasteiger partial charge < -0.3 is 9.47 Å². The molecule has 0 heterocycles. The smallest absolute Gasteiger partial charge is 0.338 e. The summed E-state index contributed by atoms with van der Waals surface area (Å²) in [7, 11) is 0. The van der Waals surface area contributed by atoms with Crippen LogP contribution in [0.5, 0.6) is 5.75 Å². The summed E-state index contributed by atoms with van der Waals surface area (Å²) in [6.07, 6.45) is 0. The van der Waals surface area contributed by atoms with E-state index in [2.05, 4.69) is 10.9 Å². The highest BCUT2D eigenvalue weighted by Crippen LogP contribution is 2.18. The van der Waals surface area contributed by atoms with Gasteiger partial charge in [0.05, 0.1) is 12.2 Å². The number of hydrazine groups is 1. The van der Waals surface area contributed by atoms with Gasteiger partial charge in [0.15, 0.2) is 6.61 Å². The molecule has 2 rings (SSSR count). The zero-order valence-corrected chi connectivity index (χ0v) is 15.8. The van der Waals surface area contributed by atoms with E-state index in [0.717, 1.165) is 0 Å². The van der Waals surface area contributed by atoms with Gasteiger partial charge in [-0.2, -0.15) is 0 Å². The number of halogens is 2. The highest BCUT2D eigenvalue weighted by Gasteiger charge is 2.10.